The van der Waals surface area contributed by atoms with Gasteiger partial charge in [0.2, 0.25) is 5.88 Å². The minimum absolute atomic E-state index is 0.0128. The van der Waals surface area contributed by atoms with Crippen molar-refractivity contribution >= 4 is 11.6 Å². The summed E-state index contributed by atoms with van der Waals surface area (Å²) < 4.78 is 6.04. The van der Waals surface area contributed by atoms with Crippen LogP contribution in [0.15, 0.2) is 36.5 Å². The van der Waals surface area contributed by atoms with Crippen LogP contribution >= 0.6 is 11.6 Å². The molecule has 0 aliphatic rings. The summed E-state index contributed by atoms with van der Waals surface area (Å²) >= 11 is 5.94. The first kappa shape index (κ1) is 14.9. The average molecular weight is 290 g/mol. The van der Waals surface area contributed by atoms with Crippen LogP contribution in [0.5, 0.6) is 11.6 Å². The maximum Gasteiger partial charge on any atom is 0.223 e. The lowest BCUT2D eigenvalue weighted by atomic mass is 9.86. The zero-order valence-electron chi connectivity index (χ0n) is 12.4. The van der Waals surface area contributed by atoms with Crippen LogP contribution in [0.4, 0.5) is 0 Å². The van der Waals surface area contributed by atoms with Crippen LogP contribution in [0.3, 0.4) is 0 Å². The number of hydrogen-bond acceptors (Lipinski definition) is 2. The maximum absolute atomic E-state index is 6.04. The van der Waals surface area contributed by atoms with Crippen molar-refractivity contribution in [1.29, 1.82) is 0 Å². The molecule has 2 aromatic rings. The molecule has 0 aliphatic carbocycles. The highest BCUT2D eigenvalue weighted by molar-refractivity contribution is 6.17. The number of benzene rings is 1. The van der Waals surface area contributed by atoms with Crippen molar-refractivity contribution in [3.8, 4) is 11.6 Å². The molecule has 1 aromatic carbocycles. The number of hydrogen-bond donors (Lipinski definition) is 0. The molecule has 0 aliphatic heterocycles. The standard InChI is InChI=1S/C17H20ClNO/c1-12-7-8-14(17(2,3)4)15(10-12)20-16-13(11-18)6-5-9-19-16/h5-10H,11H2,1-4H3. The average Bonchev–Trinajstić information content (AvgIpc) is 2.38. The zero-order valence-corrected chi connectivity index (χ0v) is 13.2. The fraction of sp³-hybridized carbons (Fsp3) is 0.353. The highest BCUT2D eigenvalue weighted by atomic mass is 35.5. The van der Waals surface area contributed by atoms with Gasteiger partial charge >= 0.3 is 0 Å². The Bertz CT molecular complexity index is 602. The third-order valence-electron chi connectivity index (χ3n) is 3.15. The van der Waals surface area contributed by atoms with Gasteiger partial charge in [0.15, 0.2) is 0 Å². The van der Waals surface area contributed by atoms with Gasteiger partial charge in [0, 0.05) is 17.3 Å². The second-order valence-corrected chi connectivity index (χ2v) is 6.22. The second kappa shape index (κ2) is 5.84. The summed E-state index contributed by atoms with van der Waals surface area (Å²) in [6.45, 7) is 8.57. The quantitative estimate of drug-likeness (QED) is 0.723. The van der Waals surface area contributed by atoms with Crippen LogP contribution in [0.25, 0.3) is 0 Å². The highest BCUT2D eigenvalue weighted by Gasteiger charge is 2.20. The molecule has 106 valence electrons. The SMILES string of the molecule is Cc1ccc(C(C)(C)C)c(Oc2ncccc2CCl)c1. The predicted octanol–water partition coefficient (Wildman–Crippen LogP) is 5.22. The Morgan fingerprint density at radius 1 is 1.20 bits per heavy atom. The zero-order chi connectivity index (χ0) is 14.8. The molecule has 0 bridgehead atoms. The van der Waals surface area contributed by atoms with Crippen molar-refractivity contribution < 1.29 is 4.74 Å². The molecular weight excluding hydrogens is 270 g/mol. The van der Waals surface area contributed by atoms with Gasteiger partial charge < -0.3 is 4.74 Å². The first-order chi connectivity index (χ1) is 9.41. The lowest BCUT2D eigenvalue weighted by Gasteiger charge is -2.23. The van der Waals surface area contributed by atoms with Crippen molar-refractivity contribution in [2.45, 2.75) is 39.0 Å². The van der Waals surface area contributed by atoms with Crippen molar-refractivity contribution in [2.75, 3.05) is 0 Å². The molecule has 0 N–H and O–H groups in total. The van der Waals surface area contributed by atoms with Crippen LogP contribution in [0.1, 0.15) is 37.5 Å². The van der Waals surface area contributed by atoms with Gasteiger partial charge in [0.05, 0.1) is 5.88 Å². The minimum Gasteiger partial charge on any atom is -0.438 e. The molecule has 0 amide bonds. The Balaban J connectivity index is 2.45. The molecular formula is C17H20ClNO. The van der Waals surface area contributed by atoms with E-state index in [-0.39, 0.29) is 5.41 Å². The Labute approximate surface area is 125 Å². The molecule has 0 saturated heterocycles. The largest absolute Gasteiger partial charge is 0.438 e. The number of rotatable bonds is 3. The lowest BCUT2D eigenvalue weighted by Crippen LogP contribution is -2.13. The van der Waals surface area contributed by atoms with Gasteiger partial charge in [-0.15, -0.1) is 11.6 Å². The molecule has 2 rings (SSSR count). The van der Waals surface area contributed by atoms with E-state index in [1.807, 2.05) is 18.2 Å². The number of aromatic nitrogens is 1. The number of ether oxygens (including phenoxy) is 1. The maximum atomic E-state index is 6.04. The van der Waals surface area contributed by atoms with E-state index in [2.05, 4.69) is 44.8 Å². The summed E-state index contributed by atoms with van der Waals surface area (Å²) in [7, 11) is 0. The van der Waals surface area contributed by atoms with Gasteiger partial charge in [0.1, 0.15) is 5.75 Å². The number of aryl methyl sites for hydroxylation is 1. The molecule has 0 fully saturated rings. The second-order valence-electron chi connectivity index (χ2n) is 5.95. The van der Waals surface area contributed by atoms with Crippen molar-refractivity contribution in [2.24, 2.45) is 0 Å². The molecule has 3 heteroatoms. The van der Waals surface area contributed by atoms with Crippen LogP contribution < -0.4 is 4.74 Å². The summed E-state index contributed by atoms with van der Waals surface area (Å²) in [4.78, 5) is 4.29. The Morgan fingerprint density at radius 2 is 1.95 bits per heavy atom. The molecule has 0 unspecified atom stereocenters. The van der Waals surface area contributed by atoms with Gasteiger partial charge in [-0.2, -0.15) is 0 Å². The molecule has 0 saturated carbocycles. The molecule has 1 aromatic heterocycles. The van der Waals surface area contributed by atoms with E-state index >= 15 is 0 Å². The normalized spacial score (nSPS) is 11.4. The van der Waals surface area contributed by atoms with E-state index in [1.54, 1.807) is 6.20 Å². The van der Waals surface area contributed by atoms with Crippen molar-refractivity contribution in [3.63, 3.8) is 0 Å². The summed E-state index contributed by atoms with van der Waals surface area (Å²) in [5.41, 5.74) is 3.24. The van der Waals surface area contributed by atoms with E-state index in [1.165, 1.54) is 0 Å². The van der Waals surface area contributed by atoms with Crippen molar-refractivity contribution in [3.05, 3.63) is 53.2 Å². The molecule has 0 spiro atoms. The summed E-state index contributed by atoms with van der Waals surface area (Å²) in [6.07, 6.45) is 1.72. The van der Waals surface area contributed by atoms with E-state index in [0.717, 1.165) is 22.4 Å². The van der Waals surface area contributed by atoms with Gasteiger partial charge in [-0.3, -0.25) is 0 Å². The van der Waals surface area contributed by atoms with Crippen LogP contribution in [-0.2, 0) is 11.3 Å². The molecule has 20 heavy (non-hydrogen) atoms. The van der Waals surface area contributed by atoms with E-state index < -0.39 is 0 Å². The topological polar surface area (TPSA) is 22.1 Å². The predicted molar refractivity (Wildman–Crippen MR) is 83.7 cm³/mol. The first-order valence-electron chi connectivity index (χ1n) is 6.70. The highest BCUT2D eigenvalue weighted by Crippen LogP contribution is 2.35. The van der Waals surface area contributed by atoms with Crippen LogP contribution in [0.2, 0.25) is 0 Å². The Hall–Kier alpha value is -1.54. The van der Waals surface area contributed by atoms with Gasteiger partial charge in [-0.25, -0.2) is 4.98 Å². The Kier molecular flexibility index (Phi) is 4.34. The fourth-order valence-corrected chi connectivity index (χ4v) is 2.26. The Morgan fingerprint density at radius 3 is 2.60 bits per heavy atom. The van der Waals surface area contributed by atoms with Gasteiger partial charge in [-0.1, -0.05) is 39.0 Å². The number of halogens is 1. The molecule has 0 radical (unpaired) electrons. The van der Waals surface area contributed by atoms with Crippen molar-refractivity contribution in [1.82, 2.24) is 4.98 Å². The monoisotopic (exact) mass is 289 g/mol. The van der Waals surface area contributed by atoms with E-state index in [0.29, 0.717) is 11.8 Å². The summed E-state index contributed by atoms with van der Waals surface area (Å²) in [5.74, 6) is 1.82. The van der Waals surface area contributed by atoms with E-state index in [9.17, 15) is 0 Å². The van der Waals surface area contributed by atoms with Crippen LogP contribution in [-0.4, -0.2) is 4.98 Å². The molecule has 0 atom stereocenters. The van der Waals surface area contributed by atoms with E-state index in [4.69, 9.17) is 16.3 Å². The fourth-order valence-electron chi connectivity index (χ4n) is 2.06. The third-order valence-corrected chi connectivity index (χ3v) is 3.43. The summed E-state index contributed by atoms with van der Waals surface area (Å²) in [6, 6.07) is 10.1. The molecule has 2 nitrogen and oxygen atoms in total. The third kappa shape index (κ3) is 3.31. The molecule has 1 heterocycles. The smallest absolute Gasteiger partial charge is 0.223 e. The van der Waals surface area contributed by atoms with Crippen LogP contribution in [0, 0.1) is 6.92 Å². The van der Waals surface area contributed by atoms with Gasteiger partial charge in [-0.05, 0) is 30.0 Å². The number of alkyl halides is 1. The summed E-state index contributed by atoms with van der Waals surface area (Å²) in [5, 5.41) is 0. The van der Waals surface area contributed by atoms with Gasteiger partial charge in [0.25, 0.3) is 0 Å². The minimum atomic E-state index is 0.0128. The lowest BCUT2D eigenvalue weighted by molar-refractivity contribution is 0.436. The first-order valence-corrected chi connectivity index (χ1v) is 7.24. The number of nitrogens with zero attached hydrogens (tertiary/aromatic N) is 1. The number of pyridine rings is 1.